The van der Waals surface area contributed by atoms with Crippen LogP contribution in [0.1, 0.15) is 46.5 Å². The predicted molar refractivity (Wildman–Crippen MR) is 158 cm³/mol. The van der Waals surface area contributed by atoms with Crippen molar-refractivity contribution < 1.29 is 14.3 Å². The van der Waals surface area contributed by atoms with E-state index >= 15 is 0 Å². The normalized spacial score (nSPS) is 20.9. The Hall–Kier alpha value is -4.22. The Labute approximate surface area is 236 Å². The van der Waals surface area contributed by atoms with Crippen molar-refractivity contribution in [1.29, 1.82) is 0 Å². The molecule has 2 heterocycles. The van der Waals surface area contributed by atoms with Gasteiger partial charge in [0.2, 0.25) is 0 Å². The van der Waals surface area contributed by atoms with Gasteiger partial charge in [0.05, 0.1) is 0 Å². The van der Waals surface area contributed by atoms with Crippen LogP contribution in [0.2, 0.25) is 0 Å². The van der Waals surface area contributed by atoms with Crippen LogP contribution < -0.4 is 22.2 Å². The number of amides is 2. The van der Waals surface area contributed by atoms with Gasteiger partial charge >= 0.3 is 6.09 Å². The SMILES string of the molecule is C=C(/N=C1\C(=C/N)C=C(C(=O)NC)N1C1CCCC1)NC(/C=C\C(=C)N1CCN(C(=O)OC(C)(C)C)CC1)=N/N. The highest BCUT2D eigenvalue weighted by molar-refractivity contribution is 6.12. The summed E-state index contributed by atoms with van der Waals surface area (Å²) in [5.41, 5.74) is 7.26. The lowest BCUT2D eigenvalue weighted by Gasteiger charge is -2.36. The molecule has 2 fully saturated rings. The number of nitrogens with zero attached hydrogens (tertiary/aromatic N) is 5. The van der Waals surface area contributed by atoms with Crippen LogP contribution in [0.5, 0.6) is 0 Å². The number of hydrogen-bond donors (Lipinski definition) is 4. The first-order valence-electron chi connectivity index (χ1n) is 13.5. The van der Waals surface area contributed by atoms with Crippen LogP contribution in [0.15, 0.2) is 70.5 Å². The minimum atomic E-state index is -0.530. The number of piperazine rings is 1. The van der Waals surface area contributed by atoms with E-state index < -0.39 is 5.60 Å². The molecule has 12 heteroatoms. The van der Waals surface area contributed by atoms with Crippen molar-refractivity contribution in [1.82, 2.24) is 25.3 Å². The number of carbonyl (C=O) groups excluding carboxylic acids is 2. The maximum absolute atomic E-state index is 12.6. The lowest BCUT2D eigenvalue weighted by molar-refractivity contribution is -0.118. The fourth-order valence-corrected chi connectivity index (χ4v) is 4.81. The van der Waals surface area contributed by atoms with Gasteiger partial charge in [-0.3, -0.25) is 4.79 Å². The van der Waals surface area contributed by atoms with Crippen molar-refractivity contribution in [2.24, 2.45) is 21.7 Å². The summed E-state index contributed by atoms with van der Waals surface area (Å²) >= 11 is 0. The highest BCUT2D eigenvalue weighted by Crippen LogP contribution is 2.33. The quantitative estimate of drug-likeness (QED) is 0.123. The van der Waals surface area contributed by atoms with E-state index in [4.69, 9.17) is 16.3 Å². The Morgan fingerprint density at radius 3 is 2.27 bits per heavy atom. The first kappa shape index (κ1) is 30.3. The zero-order chi connectivity index (χ0) is 29.4. The molecule has 0 unspecified atom stereocenters. The molecule has 0 aromatic carbocycles. The molecule has 3 aliphatic rings. The summed E-state index contributed by atoms with van der Waals surface area (Å²) in [5, 5.41) is 9.53. The van der Waals surface area contributed by atoms with Gasteiger partial charge in [-0.25, -0.2) is 9.79 Å². The maximum Gasteiger partial charge on any atom is 0.410 e. The number of nitrogens with one attached hydrogen (secondary N) is 2. The number of nitrogens with two attached hydrogens (primary N) is 2. The number of rotatable bonds is 7. The fraction of sp³-hybridized carbons (Fsp3) is 0.500. The summed E-state index contributed by atoms with van der Waals surface area (Å²) in [6.07, 6.45) is 10.4. The molecule has 0 bridgehead atoms. The van der Waals surface area contributed by atoms with Crippen molar-refractivity contribution in [2.75, 3.05) is 33.2 Å². The third kappa shape index (κ3) is 7.67. The molecule has 6 N–H and O–H groups in total. The molecule has 12 nitrogen and oxygen atoms in total. The van der Waals surface area contributed by atoms with E-state index in [9.17, 15) is 9.59 Å². The number of hydrogen-bond acceptors (Lipinski definition) is 8. The van der Waals surface area contributed by atoms with E-state index in [0.29, 0.717) is 49.1 Å². The average molecular weight is 554 g/mol. The second-order valence-corrected chi connectivity index (χ2v) is 10.8. The summed E-state index contributed by atoms with van der Waals surface area (Å²) in [6, 6.07) is 0.147. The van der Waals surface area contributed by atoms with Gasteiger partial charge in [0, 0.05) is 56.7 Å². The zero-order valence-corrected chi connectivity index (χ0v) is 24.1. The number of likely N-dealkylation sites (N-methyl/N-ethyl adjacent to an activating group) is 1. The smallest absolute Gasteiger partial charge is 0.410 e. The van der Waals surface area contributed by atoms with Gasteiger partial charge in [0.25, 0.3) is 5.91 Å². The largest absolute Gasteiger partial charge is 0.444 e. The first-order valence-corrected chi connectivity index (χ1v) is 13.5. The second-order valence-electron chi connectivity index (χ2n) is 10.8. The third-order valence-electron chi connectivity index (χ3n) is 6.79. The highest BCUT2D eigenvalue weighted by Gasteiger charge is 2.36. The Morgan fingerprint density at radius 1 is 1.10 bits per heavy atom. The monoisotopic (exact) mass is 553 g/mol. The number of hydrazone groups is 1. The van der Waals surface area contributed by atoms with E-state index in [1.807, 2.05) is 25.7 Å². The van der Waals surface area contributed by atoms with Gasteiger partial charge in [0.1, 0.15) is 23.0 Å². The molecule has 2 amide bonds. The maximum atomic E-state index is 12.6. The van der Waals surface area contributed by atoms with Gasteiger partial charge in [-0.05, 0) is 51.8 Å². The van der Waals surface area contributed by atoms with Crippen molar-refractivity contribution >= 4 is 23.7 Å². The van der Waals surface area contributed by atoms with E-state index in [-0.39, 0.29) is 23.9 Å². The molecule has 0 atom stereocenters. The van der Waals surface area contributed by atoms with Crippen LogP contribution in [0.4, 0.5) is 4.79 Å². The van der Waals surface area contributed by atoms with Gasteiger partial charge in [-0.2, -0.15) is 5.10 Å². The summed E-state index contributed by atoms with van der Waals surface area (Å²) in [5.74, 6) is 6.60. The molecule has 1 saturated carbocycles. The van der Waals surface area contributed by atoms with E-state index in [1.165, 1.54) is 6.20 Å². The molecular weight excluding hydrogens is 510 g/mol. The second kappa shape index (κ2) is 13.2. The number of ether oxygens (including phenoxy) is 1. The van der Waals surface area contributed by atoms with Gasteiger partial charge < -0.3 is 41.6 Å². The molecule has 1 saturated heterocycles. The number of aliphatic imine (C=N–C) groups is 1. The molecule has 0 aromatic heterocycles. The standard InChI is InChI=1S/C28H43N9O3/c1-19(35-13-15-36(16-14-35)27(39)40-28(3,4)5)11-12-24(34-30)32-20(2)33-25-21(18-29)17-23(26(38)31-6)37(25)22-9-7-8-10-22/h11-12,17-18,22H,1-2,7-10,13-16,29-30H2,3-6H3,(H,31,38)(H,32,34)/b12-11-,21-18-,33-25+. The average Bonchev–Trinajstić information content (AvgIpc) is 3.57. The predicted octanol–water partition coefficient (Wildman–Crippen LogP) is 2.07. The minimum absolute atomic E-state index is 0.147. The number of allylic oxidation sites excluding steroid dienone is 1. The summed E-state index contributed by atoms with van der Waals surface area (Å²) < 4.78 is 5.46. The fourth-order valence-electron chi connectivity index (χ4n) is 4.81. The summed E-state index contributed by atoms with van der Waals surface area (Å²) in [4.78, 5) is 35.3. The van der Waals surface area contributed by atoms with Crippen LogP contribution in [-0.2, 0) is 9.53 Å². The zero-order valence-electron chi connectivity index (χ0n) is 24.1. The van der Waals surface area contributed by atoms with Crippen LogP contribution in [0.3, 0.4) is 0 Å². The minimum Gasteiger partial charge on any atom is -0.444 e. The van der Waals surface area contributed by atoms with Gasteiger partial charge in [-0.1, -0.05) is 26.0 Å². The first-order chi connectivity index (χ1) is 19.0. The number of carbonyl (C=O) groups is 2. The Balaban J connectivity index is 1.63. The lowest BCUT2D eigenvalue weighted by Crippen LogP contribution is -2.49. The van der Waals surface area contributed by atoms with Crippen molar-refractivity contribution in [2.45, 2.75) is 58.1 Å². The van der Waals surface area contributed by atoms with Gasteiger partial charge in [-0.15, -0.1) is 0 Å². The molecule has 40 heavy (non-hydrogen) atoms. The van der Waals surface area contributed by atoms with Crippen LogP contribution >= 0.6 is 0 Å². The Kier molecular flexibility index (Phi) is 10.0. The van der Waals surface area contributed by atoms with Crippen LogP contribution in [0.25, 0.3) is 0 Å². The van der Waals surface area contributed by atoms with Crippen molar-refractivity contribution in [3.05, 3.63) is 60.4 Å². The highest BCUT2D eigenvalue weighted by atomic mass is 16.6. The Bertz CT molecular complexity index is 1150. The topological polar surface area (TPSA) is 154 Å². The van der Waals surface area contributed by atoms with E-state index in [0.717, 1.165) is 31.4 Å². The molecule has 0 spiro atoms. The molecule has 1 aliphatic carbocycles. The van der Waals surface area contributed by atoms with Crippen molar-refractivity contribution in [3.8, 4) is 0 Å². The van der Waals surface area contributed by atoms with Crippen LogP contribution in [-0.4, -0.2) is 83.2 Å². The summed E-state index contributed by atoms with van der Waals surface area (Å²) in [7, 11) is 1.60. The van der Waals surface area contributed by atoms with E-state index in [2.05, 4.69) is 38.8 Å². The molecule has 2 aliphatic heterocycles. The van der Waals surface area contributed by atoms with Crippen molar-refractivity contribution in [3.63, 3.8) is 0 Å². The molecule has 0 radical (unpaired) electrons. The van der Waals surface area contributed by atoms with E-state index in [1.54, 1.807) is 30.2 Å². The molecule has 218 valence electrons. The lowest BCUT2D eigenvalue weighted by atomic mass is 10.2. The Morgan fingerprint density at radius 2 is 1.73 bits per heavy atom. The number of amidine groups is 2. The third-order valence-corrected chi connectivity index (χ3v) is 6.79. The van der Waals surface area contributed by atoms with Crippen LogP contribution in [0, 0.1) is 0 Å². The van der Waals surface area contributed by atoms with Gasteiger partial charge in [0.15, 0.2) is 5.84 Å². The molecular formula is C28H43N9O3. The summed E-state index contributed by atoms with van der Waals surface area (Å²) in [6.45, 7) is 16.0. The molecule has 3 rings (SSSR count). The molecule has 0 aromatic rings.